The number of carbonyl (C=O) groups excluding carboxylic acids is 1. The van der Waals surface area contributed by atoms with E-state index in [0.29, 0.717) is 6.42 Å². The summed E-state index contributed by atoms with van der Waals surface area (Å²) in [5, 5.41) is 2.94. The maximum atomic E-state index is 11.7. The van der Waals surface area contributed by atoms with Gasteiger partial charge >= 0.3 is 0 Å². The maximum Gasteiger partial charge on any atom is 0.225 e. The molecule has 2 N–H and O–H groups in total. The van der Waals surface area contributed by atoms with E-state index in [4.69, 9.17) is 0 Å². The molecule has 0 atom stereocenters. The minimum atomic E-state index is -0.141. The number of rotatable bonds is 1. The van der Waals surface area contributed by atoms with E-state index >= 15 is 0 Å². The molecule has 3 rings (SSSR count). The van der Waals surface area contributed by atoms with Crippen molar-refractivity contribution >= 4 is 28.7 Å². The highest BCUT2D eigenvalue weighted by Gasteiger charge is 2.32. The molecule has 0 radical (unpaired) electrons. The van der Waals surface area contributed by atoms with E-state index in [0.717, 1.165) is 28.1 Å². The van der Waals surface area contributed by atoms with Crippen molar-refractivity contribution in [3.05, 3.63) is 29.6 Å². The van der Waals surface area contributed by atoms with Crippen molar-refractivity contribution in [1.29, 1.82) is 0 Å². The van der Waals surface area contributed by atoms with E-state index in [2.05, 4.69) is 35.2 Å². The lowest BCUT2D eigenvalue weighted by Gasteiger charge is -2.31. The highest BCUT2D eigenvalue weighted by Crippen LogP contribution is 2.38. The summed E-state index contributed by atoms with van der Waals surface area (Å²) in [5.74, 6) is 0.907. The van der Waals surface area contributed by atoms with Gasteiger partial charge < -0.3 is 10.3 Å². The summed E-state index contributed by atoms with van der Waals surface area (Å²) in [7, 11) is 0. The smallest absolute Gasteiger partial charge is 0.225 e. The molecular formula is C15H17N3O. The first-order chi connectivity index (χ1) is 8.99. The number of aromatic nitrogens is 2. The van der Waals surface area contributed by atoms with Crippen LogP contribution < -0.4 is 5.32 Å². The molecule has 2 heterocycles. The quantitative estimate of drug-likeness (QED) is 0.822. The highest BCUT2D eigenvalue weighted by molar-refractivity contribution is 5.98. The van der Waals surface area contributed by atoms with Gasteiger partial charge in [-0.3, -0.25) is 4.79 Å². The Bertz CT molecular complexity index is 695. The van der Waals surface area contributed by atoms with Crippen molar-refractivity contribution in [2.24, 2.45) is 0 Å². The van der Waals surface area contributed by atoms with Gasteiger partial charge in [-0.05, 0) is 30.7 Å². The fourth-order valence-electron chi connectivity index (χ4n) is 2.67. The second kappa shape index (κ2) is 3.95. The minimum absolute atomic E-state index is 0.0704. The standard InChI is InChI=1S/C15H17N3O/c1-4-5-13-16-11-6-9-10(7-12(11)17-13)18-14(19)8-15(9,2)3/h4-7H,8H2,1-3H3,(H,16,17)(H,18,19). The molecule has 0 bridgehead atoms. The first-order valence-corrected chi connectivity index (χ1v) is 6.46. The van der Waals surface area contributed by atoms with Crippen LogP contribution in [0.25, 0.3) is 17.1 Å². The zero-order chi connectivity index (χ0) is 13.6. The molecule has 0 spiro atoms. The number of fused-ring (bicyclic) bond motifs is 2. The molecular weight excluding hydrogens is 238 g/mol. The minimum Gasteiger partial charge on any atom is -0.338 e. The first-order valence-electron chi connectivity index (χ1n) is 6.46. The third-order valence-corrected chi connectivity index (χ3v) is 3.57. The fourth-order valence-corrected chi connectivity index (χ4v) is 2.67. The van der Waals surface area contributed by atoms with E-state index in [-0.39, 0.29) is 11.3 Å². The number of hydrogen-bond donors (Lipinski definition) is 2. The van der Waals surface area contributed by atoms with Crippen molar-refractivity contribution in [1.82, 2.24) is 9.97 Å². The monoisotopic (exact) mass is 255 g/mol. The number of anilines is 1. The lowest BCUT2D eigenvalue weighted by atomic mass is 9.78. The number of H-pyrrole nitrogens is 1. The molecule has 4 nitrogen and oxygen atoms in total. The number of nitrogens with zero attached hydrogens (tertiary/aromatic N) is 1. The van der Waals surface area contributed by atoms with Crippen molar-refractivity contribution in [2.75, 3.05) is 5.32 Å². The van der Waals surface area contributed by atoms with Crippen LogP contribution >= 0.6 is 0 Å². The fraction of sp³-hybridized carbons (Fsp3) is 0.333. The number of imidazole rings is 1. The molecule has 0 saturated heterocycles. The van der Waals surface area contributed by atoms with Gasteiger partial charge in [0.15, 0.2) is 0 Å². The lowest BCUT2D eigenvalue weighted by molar-refractivity contribution is -0.117. The van der Waals surface area contributed by atoms with Gasteiger partial charge in [-0.2, -0.15) is 0 Å². The van der Waals surface area contributed by atoms with Crippen LogP contribution in [0.3, 0.4) is 0 Å². The Balaban J connectivity index is 2.22. The van der Waals surface area contributed by atoms with Gasteiger partial charge in [0.05, 0.1) is 11.0 Å². The maximum absolute atomic E-state index is 11.7. The zero-order valence-corrected chi connectivity index (χ0v) is 11.4. The number of amides is 1. The molecule has 19 heavy (non-hydrogen) atoms. The molecule has 0 fully saturated rings. The summed E-state index contributed by atoms with van der Waals surface area (Å²) < 4.78 is 0. The van der Waals surface area contributed by atoms with Gasteiger partial charge in [-0.1, -0.05) is 19.9 Å². The number of carbonyl (C=O) groups is 1. The van der Waals surface area contributed by atoms with Crippen molar-refractivity contribution in [3.8, 4) is 0 Å². The summed E-state index contributed by atoms with van der Waals surface area (Å²) in [6.45, 7) is 6.15. The molecule has 1 aliphatic rings. The Morgan fingerprint density at radius 2 is 2.16 bits per heavy atom. The second-order valence-electron chi connectivity index (χ2n) is 5.65. The number of benzene rings is 1. The average molecular weight is 255 g/mol. The Morgan fingerprint density at radius 1 is 1.37 bits per heavy atom. The molecule has 1 amide bonds. The molecule has 1 aliphatic heterocycles. The predicted molar refractivity (Wildman–Crippen MR) is 77.1 cm³/mol. The van der Waals surface area contributed by atoms with Crippen LogP contribution in [0.2, 0.25) is 0 Å². The van der Waals surface area contributed by atoms with Crippen molar-refractivity contribution in [3.63, 3.8) is 0 Å². The summed E-state index contributed by atoms with van der Waals surface area (Å²) in [6.07, 6.45) is 4.40. The summed E-state index contributed by atoms with van der Waals surface area (Å²) in [5.41, 5.74) is 3.79. The summed E-state index contributed by atoms with van der Waals surface area (Å²) >= 11 is 0. The first kappa shape index (κ1) is 12.0. The van der Waals surface area contributed by atoms with E-state index in [9.17, 15) is 4.79 Å². The van der Waals surface area contributed by atoms with E-state index < -0.39 is 0 Å². The molecule has 0 saturated carbocycles. The Kier molecular flexibility index (Phi) is 2.49. The highest BCUT2D eigenvalue weighted by atomic mass is 16.1. The van der Waals surface area contributed by atoms with E-state index in [1.54, 1.807) is 0 Å². The summed E-state index contributed by atoms with van der Waals surface area (Å²) in [6, 6.07) is 4.05. The van der Waals surface area contributed by atoms with Crippen LogP contribution in [0.1, 0.15) is 38.6 Å². The van der Waals surface area contributed by atoms with Crippen LogP contribution in [-0.2, 0) is 10.2 Å². The van der Waals surface area contributed by atoms with Gasteiger partial charge in [0, 0.05) is 17.5 Å². The molecule has 1 aromatic carbocycles. The van der Waals surface area contributed by atoms with Crippen LogP contribution in [0, 0.1) is 0 Å². The second-order valence-corrected chi connectivity index (χ2v) is 5.65. The van der Waals surface area contributed by atoms with E-state index in [1.807, 2.05) is 25.1 Å². The van der Waals surface area contributed by atoms with Gasteiger partial charge in [0.2, 0.25) is 5.91 Å². The van der Waals surface area contributed by atoms with Gasteiger partial charge in [-0.15, -0.1) is 0 Å². The molecule has 1 aromatic heterocycles. The third kappa shape index (κ3) is 1.93. The summed E-state index contributed by atoms with van der Waals surface area (Å²) in [4.78, 5) is 19.5. The van der Waals surface area contributed by atoms with Crippen LogP contribution in [-0.4, -0.2) is 15.9 Å². The largest absolute Gasteiger partial charge is 0.338 e. The predicted octanol–water partition coefficient (Wildman–Crippen LogP) is 3.22. The molecule has 2 aromatic rings. The Morgan fingerprint density at radius 3 is 2.89 bits per heavy atom. The van der Waals surface area contributed by atoms with Crippen molar-refractivity contribution < 1.29 is 4.79 Å². The number of aromatic amines is 1. The van der Waals surface area contributed by atoms with Crippen LogP contribution in [0.5, 0.6) is 0 Å². The lowest BCUT2D eigenvalue weighted by Crippen LogP contribution is -2.32. The third-order valence-electron chi connectivity index (χ3n) is 3.57. The SMILES string of the molecule is CC=Cc1nc2cc3c(cc2[nH]1)C(C)(C)CC(=O)N3. The number of nitrogens with one attached hydrogen (secondary N) is 2. The van der Waals surface area contributed by atoms with Gasteiger partial charge in [-0.25, -0.2) is 4.98 Å². The van der Waals surface area contributed by atoms with Gasteiger partial charge in [0.25, 0.3) is 0 Å². The van der Waals surface area contributed by atoms with Gasteiger partial charge in [0.1, 0.15) is 5.82 Å². The normalized spacial score (nSPS) is 17.7. The molecule has 0 unspecified atom stereocenters. The van der Waals surface area contributed by atoms with Crippen molar-refractivity contribution in [2.45, 2.75) is 32.6 Å². The zero-order valence-electron chi connectivity index (χ0n) is 11.4. The molecule has 4 heteroatoms. The Labute approximate surface area is 111 Å². The molecule has 98 valence electrons. The van der Waals surface area contributed by atoms with Crippen LogP contribution in [0.15, 0.2) is 18.2 Å². The van der Waals surface area contributed by atoms with Crippen LogP contribution in [0.4, 0.5) is 5.69 Å². The number of allylic oxidation sites excluding steroid dienone is 1. The topological polar surface area (TPSA) is 57.8 Å². The number of hydrogen-bond acceptors (Lipinski definition) is 2. The molecule has 0 aliphatic carbocycles. The Hall–Kier alpha value is -2.10. The van der Waals surface area contributed by atoms with E-state index in [1.165, 1.54) is 0 Å². The average Bonchev–Trinajstić information content (AvgIpc) is 2.67.